The van der Waals surface area contributed by atoms with E-state index in [1.54, 1.807) is 18.8 Å². The SMILES string of the molecule is CNC(=O)[C@H]1CN(Cc2cc3ccc(SC)cc3nc2Cl)c2ccccc2O1. The van der Waals surface area contributed by atoms with E-state index in [0.717, 1.165) is 27.0 Å². The van der Waals surface area contributed by atoms with Gasteiger partial charge in [0, 0.05) is 29.4 Å². The molecule has 1 aliphatic rings. The zero-order chi connectivity index (χ0) is 19.7. The number of amides is 1. The van der Waals surface area contributed by atoms with Crippen molar-refractivity contribution in [2.75, 3.05) is 24.7 Å². The molecule has 1 amide bonds. The number of pyridine rings is 1. The smallest absolute Gasteiger partial charge is 0.262 e. The Morgan fingerprint density at radius 2 is 2.14 bits per heavy atom. The number of carbonyl (C=O) groups excluding carboxylic acids is 1. The lowest BCUT2D eigenvalue weighted by atomic mass is 10.1. The van der Waals surface area contributed by atoms with Gasteiger partial charge >= 0.3 is 0 Å². The molecule has 1 atom stereocenters. The van der Waals surface area contributed by atoms with Gasteiger partial charge in [-0.3, -0.25) is 4.79 Å². The normalized spacial score (nSPS) is 15.8. The fourth-order valence-electron chi connectivity index (χ4n) is 3.36. The third-order valence-electron chi connectivity index (χ3n) is 4.81. The highest BCUT2D eigenvalue weighted by molar-refractivity contribution is 7.98. The van der Waals surface area contributed by atoms with E-state index < -0.39 is 6.10 Å². The van der Waals surface area contributed by atoms with Crippen molar-refractivity contribution < 1.29 is 9.53 Å². The molecular weight excluding hydrogens is 394 g/mol. The number of ether oxygens (including phenoxy) is 1. The molecule has 3 aromatic rings. The summed E-state index contributed by atoms with van der Waals surface area (Å²) in [5.74, 6) is 0.545. The van der Waals surface area contributed by atoms with Crippen LogP contribution >= 0.6 is 23.4 Å². The average Bonchev–Trinajstić information content (AvgIpc) is 2.73. The van der Waals surface area contributed by atoms with Crippen molar-refractivity contribution in [2.24, 2.45) is 0 Å². The zero-order valence-electron chi connectivity index (χ0n) is 15.6. The molecule has 2 heterocycles. The van der Waals surface area contributed by atoms with E-state index in [-0.39, 0.29) is 5.91 Å². The first-order chi connectivity index (χ1) is 13.6. The predicted octanol–water partition coefficient (Wildman–Crippen LogP) is 4.12. The predicted molar refractivity (Wildman–Crippen MR) is 115 cm³/mol. The van der Waals surface area contributed by atoms with E-state index in [4.69, 9.17) is 16.3 Å². The summed E-state index contributed by atoms with van der Waals surface area (Å²) in [5.41, 5.74) is 2.74. The van der Waals surface area contributed by atoms with Gasteiger partial charge in [0.05, 0.1) is 17.7 Å². The second-order valence-corrected chi connectivity index (χ2v) is 7.80. The van der Waals surface area contributed by atoms with Crippen molar-refractivity contribution in [3.63, 3.8) is 0 Å². The summed E-state index contributed by atoms with van der Waals surface area (Å²) in [6, 6.07) is 16.0. The lowest BCUT2D eigenvalue weighted by Gasteiger charge is -2.35. The number of nitrogens with one attached hydrogen (secondary N) is 1. The van der Waals surface area contributed by atoms with Crippen LogP contribution in [0.3, 0.4) is 0 Å². The van der Waals surface area contributed by atoms with E-state index in [1.807, 2.05) is 36.6 Å². The number of para-hydroxylation sites is 2. The van der Waals surface area contributed by atoms with Gasteiger partial charge < -0.3 is 15.0 Å². The molecule has 2 aromatic carbocycles. The Labute approximate surface area is 173 Å². The van der Waals surface area contributed by atoms with Crippen LogP contribution in [-0.4, -0.2) is 36.8 Å². The number of benzene rings is 2. The summed E-state index contributed by atoms with van der Waals surface area (Å²) in [6.07, 6.45) is 1.46. The number of rotatable bonds is 4. The maximum Gasteiger partial charge on any atom is 0.262 e. The Bertz CT molecular complexity index is 1040. The van der Waals surface area contributed by atoms with Crippen molar-refractivity contribution in [1.82, 2.24) is 10.3 Å². The monoisotopic (exact) mass is 413 g/mol. The van der Waals surface area contributed by atoms with E-state index >= 15 is 0 Å². The summed E-state index contributed by atoms with van der Waals surface area (Å²) in [5, 5.41) is 4.19. The maximum absolute atomic E-state index is 12.2. The molecule has 0 radical (unpaired) electrons. The molecule has 1 N–H and O–H groups in total. The van der Waals surface area contributed by atoms with Gasteiger partial charge in [-0.05, 0) is 36.6 Å². The average molecular weight is 414 g/mol. The van der Waals surface area contributed by atoms with Gasteiger partial charge in [-0.15, -0.1) is 11.8 Å². The lowest BCUT2D eigenvalue weighted by molar-refractivity contribution is -0.127. The fourth-order valence-corrected chi connectivity index (χ4v) is 4.00. The van der Waals surface area contributed by atoms with Crippen LogP contribution in [0.2, 0.25) is 5.15 Å². The number of hydrogen-bond donors (Lipinski definition) is 1. The molecule has 0 aliphatic carbocycles. The molecule has 0 saturated carbocycles. The first-order valence-corrected chi connectivity index (χ1v) is 10.5. The molecule has 7 heteroatoms. The third-order valence-corrected chi connectivity index (χ3v) is 5.86. The highest BCUT2D eigenvalue weighted by Gasteiger charge is 2.30. The number of thioether (sulfide) groups is 1. The number of hydrogen-bond acceptors (Lipinski definition) is 5. The number of nitrogens with zero attached hydrogens (tertiary/aromatic N) is 2. The molecule has 0 unspecified atom stereocenters. The Balaban J connectivity index is 1.69. The molecule has 144 valence electrons. The molecule has 0 bridgehead atoms. The van der Waals surface area contributed by atoms with Crippen molar-refractivity contribution in [2.45, 2.75) is 17.5 Å². The van der Waals surface area contributed by atoms with Gasteiger partial charge in [-0.25, -0.2) is 4.98 Å². The Morgan fingerprint density at radius 1 is 1.32 bits per heavy atom. The fraction of sp³-hybridized carbons (Fsp3) is 0.238. The third kappa shape index (κ3) is 3.62. The van der Waals surface area contributed by atoms with Crippen LogP contribution in [0.4, 0.5) is 5.69 Å². The van der Waals surface area contributed by atoms with E-state index in [1.165, 1.54) is 0 Å². The largest absolute Gasteiger partial charge is 0.477 e. The van der Waals surface area contributed by atoms with Crippen LogP contribution in [-0.2, 0) is 11.3 Å². The van der Waals surface area contributed by atoms with Crippen molar-refractivity contribution in [1.29, 1.82) is 0 Å². The molecule has 0 spiro atoms. The Morgan fingerprint density at radius 3 is 2.93 bits per heavy atom. The van der Waals surface area contributed by atoms with Crippen LogP contribution < -0.4 is 15.0 Å². The van der Waals surface area contributed by atoms with Crippen LogP contribution in [0.5, 0.6) is 5.75 Å². The van der Waals surface area contributed by atoms with Crippen molar-refractivity contribution in [3.05, 3.63) is 59.2 Å². The van der Waals surface area contributed by atoms with E-state index in [2.05, 4.69) is 33.4 Å². The van der Waals surface area contributed by atoms with Crippen LogP contribution in [0.1, 0.15) is 5.56 Å². The van der Waals surface area contributed by atoms with Crippen LogP contribution in [0, 0.1) is 0 Å². The molecular formula is C21H20ClN3O2S. The van der Waals surface area contributed by atoms with Crippen LogP contribution in [0.25, 0.3) is 10.9 Å². The summed E-state index contributed by atoms with van der Waals surface area (Å²) in [7, 11) is 1.61. The second kappa shape index (κ2) is 7.89. The van der Waals surface area contributed by atoms with Gasteiger partial charge in [-0.2, -0.15) is 0 Å². The zero-order valence-corrected chi connectivity index (χ0v) is 17.2. The maximum atomic E-state index is 12.2. The van der Waals surface area contributed by atoms with Gasteiger partial charge in [0.2, 0.25) is 0 Å². The molecule has 0 saturated heterocycles. The first-order valence-electron chi connectivity index (χ1n) is 8.94. The number of aromatic nitrogens is 1. The lowest BCUT2D eigenvalue weighted by Crippen LogP contribution is -2.48. The van der Waals surface area contributed by atoms with Gasteiger partial charge in [0.25, 0.3) is 5.91 Å². The number of halogens is 1. The number of carbonyl (C=O) groups is 1. The quantitative estimate of drug-likeness (QED) is 0.515. The minimum absolute atomic E-state index is 0.146. The Hall–Kier alpha value is -2.44. The summed E-state index contributed by atoms with van der Waals surface area (Å²) >= 11 is 8.19. The second-order valence-electron chi connectivity index (χ2n) is 6.57. The van der Waals surface area contributed by atoms with Crippen LogP contribution in [0.15, 0.2) is 53.4 Å². The highest BCUT2D eigenvalue weighted by atomic mass is 35.5. The van der Waals surface area contributed by atoms with Gasteiger partial charge in [0.1, 0.15) is 10.9 Å². The topological polar surface area (TPSA) is 54.5 Å². The first kappa shape index (κ1) is 18.9. The van der Waals surface area contributed by atoms with Gasteiger partial charge in [0.15, 0.2) is 6.10 Å². The number of fused-ring (bicyclic) bond motifs is 2. The summed E-state index contributed by atoms with van der Waals surface area (Å²) < 4.78 is 5.87. The minimum atomic E-state index is -0.573. The van der Waals surface area contributed by atoms with E-state index in [9.17, 15) is 4.79 Å². The summed E-state index contributed by atoms with van der Waals surface area (Å²) in [4.78, 5) is 20.0. The highest BCUT2D eigenvalue weighted by Crippen LogP contribution is 2.35. The minimum Gasteiger partial charge on any atom is -0.477 e. The van der Waals surface area contributed by atoms with Gasteiger partial charge in [-0.1, -0.05) is 29.8 Å². The molecule has 0 fully saturated rings. The van der Waals surface area contributed by atoms with Crippen molar-refractivity contribution in [3.8, 4) is 5.75 Å². The molecule has 4 rings (SSSR count). The molecule has 1 aliphatic heterocycles. The molecule has 5 nitrogen and oxygen atoms in total. The summed E-state index contributed by atoms with van der Waals surface area (Å²) in [6.45, 7) is 0.983. The standard InChI is InChI=1S/C21H20ClN3O2S/c1-23-21(26)19-12-25(17-5-3-4-6-18(17)27-19)11-14-9-13-7-8-15(28-2)10-16(13)24-20(14)22/h3-10,19H,11-12H2,1-2H3,(H,23,26)/t19-/m1/s1. The molecule has 1 aromatic heterocycles. The van der Waals surface area contributed by atoms with E-state index in [0.29, 0.717) is 24.0 Å². The Kier molecular flexibility index (Phi) is 5.33. The number of likely N-dealkylation sites (N-methyl/N-ethyl adjacent to an activating group) is 1. The molecule has 28 heavy (non-hydrogen) atoms. The number of anilines is 1. The van der Waals surface area contributed by atoms with Crippen molar-refractivity contribution >= 4 is 45.9 Å².